The number of carbonyl (C=O) groups excluding carboxylic acids is 1. The smallest absolute Gasteiger partial charge is 0.258 e. The van der Waals surface area contributed by atoms with E-state index < -0.39 is 0 Å². The lowest BCUT2D eigenvalue weighted by molar-refractivity contribution is 0.0988. The predicted molar refractivity (Wildman–Crippen MR) is 89.1 cm³/mol. The molecule has 0 aliphatic carbocycles. The number of para-hydroxylation sites is 1. The topological polar surface area (TPSA) is 38.8 Å². The van der Waals surface area contributed by atoms with E-state index in [-0.39, 0.29) is 5.91 Å². The maximum atomic E-state index is 12.9. The summed E-state index contributed by atoms with van der Waals surface area (Å²) in [6, 6.07) is 11.5. The number of methoxy groups -OCH3 is 2. The molecule has 5 heteroatoms. The molecule has 0 spiro atoms. The third kappa shape index (κ3) is 2.46. The van der Waals surface area contributed by atoms with Gasteiger partial charge in [0.1, 0.15) is 16.0 Å². The molecule has 0 fully saturated rings. The van der Waals surface area contributed by atoms with E-state index >= 15 is 0 Å². The molecular weight excluding hydrogens is 346 g/mol. The van der Waals surface area contributed by atoms with Crippen molar-refractivity contribution in [2.45, 2.75) is 6.42 Å². The fourth-order valence-electron chi connectivity index (χ4n) is 2.70. The highest BCUT2D eigenvalue weighted by atomic mass is 79.9. The summed E-state index contributed by atoms with van der Waals surface area (Å²) in [5.41, 5.74) is 2.73. The fraction of sp³-hybridized carbons (Fsp3) is 0.235. The van der Waals surface area contributed by atoms with Crippen LogP contribution in [0.3, 0.4) is 0 Å². The molecule has 1 aliphatic rings. The van der Waals surface area contributed by atoms with E-state index in [1.165, 1.54) is 5.56 Å². The highest BCUT2D eigenvalue weighted by Gasteiger charge is 2.26. The second-order valence-corrected chi connectivity index (χ2v) is 5.82. The zero-order valence-electron chi connectivity index (χ0n) is 12.4. The fourth-order valence-corrected chi connectivity index (χ4v) is 3.25. The van der Waals surface area contributed by atoms with Gasteiger partial charge in [0, 0.05) is 17.8 Å². The summed E-state index contributed by atoms with van der Waals surface area (Å²) in [7, 11) is 3.14. The Balaban J connectivity index is 2.00. The number of ether oxygens (including phenoxy) is 2. The molecule has 1 amide bonds. The van der Waals surface area contributed by atoms with Gasteiger partial charge >= 0.3 is 0 Å². The third-order valence-corrected chi connectivity index (χ3v) is 4.61. The Morgan fingerprint density at radius 2 is 1.77 bits per heavy atom. The molecule has 2 aromatic rings. The highest BCUT2D eigenvalue weighted by Crippen LogP contribution is 2.37. The van der Waals surface area contributed by atoms with Gasteiger partial charge in [0.2, 0.25) is 0 Å². The predicted octanol–water partition coefficient (Wildman–Crippen LogP) is 3.67. The molecule has 0 radical (unpaired) electrons. The maximum Gasteiger partial charge on any atom is 0.258 e. The number of amides is 1. The van der Waals surface area contributed by atoms with Crippen LogP contribution in [-0.2, 0) is 6.42 Å². The molecule has 0 saturated heterocycles. The Hall–Kier alpha value is -2.01. The van der Waals surface area contributed by atoms with Crippen LogP contribution in [0.25, 0.3) is 0 Å². The first-order valence-corrected chi connectivity index (χ1v) is 7.76. The summed E-state index contributed by atoms with van der Waals surface area (Å²) in [6.45, 7) is 0.693. The van der Waals surface area contributed by atoms with Crippen molar-refractivity contribution >= 4 is 27.5 Å². The van der Waals surface area contributed by atoms with Crippen LogP contribution in [0.5, 0.6) is 11.5 Å². The molecule has 0 N–H and O–H groups in total. The number of fused-ring (bicyclic) bond motifs is 1. The number of rotatable bonds is 3. The van der Waals surface area contributed by atoms with Crippen LogP contribution in [0.2, 0.25) is 0 Å². The summed E-state index contributed by atoms with van der Waals surface area (Å²) in [6.07, 6.45) is 0.882. The monoisotopic (exact) mass is 361 g/mol. The Bertz CT molecular complexity index is 705. The normalized spacial score (nSPS) is 13.0. The van der Waals surface area contributed by atoms with E-state index in [0.717, 1.165) is 12.1 Å². The summed E-state index contributed by atoms with van der Waals surface area (Å²) < 4.78 is 11.3. The lowest BCUT2D eigenvalue weighted by atomic mass is 10.1. The van der Waals surface area contributed by atoms with Crippen molar-refractivity contribution in [1.29, 1.82) is 0 Å². The van der Waals surface area contributed by atoms with Crippen LogP contribution in [-0.4, -0.2) is 26.7 Å². The van der Waals surface area contributed by atoms with Gasteiger partial charge in [-0.15, -0.1) is 0 Å². The Labute approximate surface area is 137 Å². The van der Waals surface area contributed by atoms with Gasteiger partial charge < -0.3 is 14.4 Å². The summed E-state index contributed by atoms with van der Waals surface area (Å²) >= 11 is 3.42. The lowest BCUT2D eigenvalue weighted by Crippen LogP contribution is -2.28. The van der Waals surface area contributed by atoms with Gasteiger partial charge in [0.25, 0.3) is 5.91 Å². The van der Waals surface area contributed by atoms with E-state index in [1.54, 1.807) is 31.3 Å². The van der Waals surface area contributed by atoms with Crippen molar-refractivity contribution in [1.82, 2.24) is 0 Å². The van der Waals surface area contributed by atoms with Crippen LogP contribution in [0, 0.1) is 0 Å². The molecule has 2 aromatic carbocycles. The summed E-state index contributed by atoms with van der Waals surface area (Å²) in [5, 5.41) is 0. The first kappa shape index (κ1) is 14.9. The first-order chi connectivity index (χ1) is 10.7. The molecule has 1 heterocycles. The van der Waals surface area contributed by atoms with Gasteiger partial charge in [-0.25, -0.2) is 0 Å². The first-order valence-electron chi connectivity index (χ1n) is 6.97. The number of carbonyl (C=O) groups is 1. The van der Waals surface area contributed by atoms with Gasteiger partial charge in [-0.2, -0.15) is 0 Å². The molecule has 0 unspecified atom stereocenters. The SMILES string of the molecule is COc1cc(C(=O)N2CCc3ccccc32)cc(OC)c1Br. The van der Waals surface area contributed by atoms with Crippen molar-refractivity contribution < 1.29 is 14.3 Å². The van der Waals surface area contributed by atoms with Crippen molar-refractivity contribution in [2.24, 2.45) is 0 Å². The number of benzene rings is 2. The second kappa shape index (κ2) is 6.01. The van der Waals surface area contributed by atoms with Crippen LogP contribution in [0.1, 0.15) is 15.9 Å². The van der Waals surface area contributed by atoms with E-state index in [0.29, 0.717) is 28.1 Å². The lowest BCUT2D eigenvalue weighted by Gasteiger charge is -2.19. The molecule has 3 rings (SSSR count). The Morgan fingerprint density at radius 1 is 1.14 bits per heavy atom. The minimum absolute atomic E-state index is 0.0472. The number of anilines is 1. The molecule has 22 heavy (non-hydrogen) atoms. The number of hydrogen-bond donors (Lipinski definition) is 0. The largest absolute Gasteiger partial charge is 0.495 e. The third-order valence-electron chi connectivity index (χ3n) is 3.82. The van der Waals surface area contributed by atoms with Crippen molar-refractivity contribution in [3.8, 4) is 11.5 Å². The molecule has 0 aromatic heterocycles. The summed E-state index contributed by atoms with van der Waals surface area (Å²) in [5.74, 6) is 1.11. The molecule has 114 valence electrons. The van der Waals surface area contributed by atoms with Gasteiger partial charge in [0.15, 0.2) is 0 Å². The van der Waals surface area contributed by atoms with E-state index in [2.05, 4.69) is 22.0 Å². The number of halogens is 1. The second-order valence-electron chi connectivity index (χ2n) is 5.03. The van der Waals surface area contributed by atoms with Gasteiger partial charge in [-0.1, -0.05) is 18.2 Å². The average Bonchev–Trinajstić information content (AvgIpc) is 2.98. The maximum absolute atomic E-state index is 12.9. The molecule has 0 saturated carbocycles. The van der Waals surface area contributed by atoms with Crippen LogP contribution in [0.15, 0.2) is 40.9 Å². The molecule has 1 aliphatic heterocycles. The van der Waals surface area contributed by atoms with Crippen molar-refractivity contribution in [3.63, 3.8) is 0 Å². The highest BCUT2D eigenvalue weighted by molar-refractivity contribution is 9.10. The van der Waals surface area contributed by atoms with E-state index in [4.69, 9.17) is 9.47 Å². The van der Waals surface area contributed by atoms with Crippen LogP contribution in [0.4, 0.5) is 5.69 Å². The van der Waals surface area contributed by atoms with Crippen LogP contribution >= 0.6 is 15.9 Å². The number of hydrogen-bond acceptors (Lipinski definition) is 3. The van der Waals surface area contributed by atoms with Crippen molar-refractivity contribution in [3.05, 3.63) is 52.0 Å². The Kier molecular flexibility index (Phi) is 4.07. The van der Waals surface area contributed by atoms with Crippen molar-refractivity contribution in [2.75, 3.05) is 25.7 Å². The van der Waals surface area contributed by atoms with Crippen LogP contribution < -0.4 is 14.4 Å². The minimum atomic E-state index is -0.0472. The molecule has 0 bridgehead atoms. The van der Waals surface area contributed by atoms with Gasteiger partial charge in [0.05, 0.1) is 14.2 Å². The minimum Gasteiger partial charge on any atom is -0.495 e. The zero-order chi connectivity index (χ0) is 15.7. The average molecular weight is 362 g/mol. The number of nitrogens with zero attached hydrogens (tertiary/aromatic N) is 1. The van der Waals surface area contributed by atoms with Gasteiger partial charge in [-0.05, 0) is 46.1 Å². The van der Waals surface area contributed by atoms with E-state index in [9.17, 15) is 4.79 Å². The standard InChI is InChI=1S/C17H16BrNO3/c1-21-14-9-12(10-15(22-2)16(14)18)17(20)19-8-7-11-5-3-4-6-13(11)19/h3-6,9-10H,7-8H2,1-2H3. The molecule has 0 atom stereocenters. The molecule has 4 nitrogen and oxygen atoms in total. The van der Waals surface area contributed by atoms with Gasteiger partial charge in [-0.3, -0.25) is 4.79 Å². The Morgan fingerprint density at radius 3 is 2.41 bits per heavy atom. The van der Waals surface area contributed by atoms with E-state index in [1.807, 2.05) is 18.2 Å². The zero-order valence-corrected chi connectivity index (χ0v) is 14.0. The quantitative estimate of drug-likeness (QED) is 0.836. The summed E-state index contributed by atoms with van der Waals surface area (Å²) in [4.78, 5) is 14.7. The molecular formula is C17H16BrNO3.